The lowest BCUT2D eigenvalue weighted by molar-refractivity contribution is 1.07. The quantitative estimate of drug-likeness (QED) is 0.722. The average molecular weight is 236 g/mol. The van der Waals surface area contributed by atoms with Crippen LogP contribution in [-0.4, -0.2) is 6.54 Å². The first-order valence-electron chi connectivity index (χ1n) is 4.22. The van der Waals surface area contributed by atoms with Gasteiger partial charge in [0.25, 0.3) is 0 Å². The molecule has 1 heterocycles. The van der Waals surface area contributed by atoms with Crippen molar-refractivity contribution in [3.8, 4) is 0 Å². The summed E-state index contributed by atoms with van der Waals surface area (Å²) in [5.74, 6) is 0. The SMILES string of the molecule is Brc1ccccc1N1C=CC=CC1. The molecular weight excluding hydrogens is 226 g/mol. The fourth-order valence-electron chi connectivity index (χ4n) is 1.33. The minimum atomic E-state index is 0.944. The Morgan fingerprint density at radius 3 is 2.69 bits per heavy atom. The van der Waals surface area contributed by atoms with Crippen molar-refractivity contribution < 1.29 is 0 Å². The maximum absolute atomic E-state index is 3.53. The van der Waals surface area contributed by atoms with Gasteiger partial charge in [-0.25, -0.2) is 0 Å². The van der Waals surface area contributed by atoms with Gasteiger partial charge in [0.2, 0.25) is 0 Å². The zero-order valence-corrected chi connectivity index (χ0v) is 8.74. The Balaban J connectivity index is 2.30. The molecule has 2 rings (SSSR count). The zero-order chi connectivity index (χ0) is 9.10. The van der Waals surface area contributed by atoms with E-state index in [4.69, 9.17) is 0 Å². The van der Waals surface area contributed by atoms with E-state index in [0.29, 0.717) is 0 Å². The highest BCUT2D eigenvalue weighted by atomic mass is 79.9. The number of hydrogen-bond donors (Lipinski definition) is 0. The van der Waals surface area contributed by atoms with Gasteiger partial charge in [-0.15, -0.1) is 0 Å². The maximum atomic E-state index is 3.53. The van der Waals surface area contributed by atoms with Gasteiger partial charge >= 0.3 is 0 Å². The monoisotopic (exact) mass is 235 g/mol. The van der Waals surface area contributed by atoms with Crippen molar-refractivity contribution in [2.45, 2.75) is 0 Å². The molecule has 0 aromatic heterocycles. The summed E-state index contributed by atoms with van der Waals surface area (Å²) in [6.07, 6.45) is 8.33. The van der Waals surface area contributed by atoms with Gasteiger partial charge in [-0.3, -0.25) is 0 Å². The molecule has 0 aliphatic carbocycles. The van der Waals surface area contributed by atoms with Crippen molar-refractivity contribution in [2.75, 3.05) is 11.4 Å². The minimum Gasteiger partial charge on any atom is -0.343 e. The summed E-state index contributed by atoms with van der Waals surface area (Å²) in [6, 6.07) is 8.23. The van der Waals surface area contributed by atoms with Crippen LogP contribution in [0.1, 0.15) is 0 Å². The third kappa shape index (κ3) is 1.83. The Bertz CT molecular complexity index is 355. The van der Waals surface area contributed by atoms with E-state index in [9.17, 15) is 0 Å². The van der Waals surface area contributed by atoms with Gasteiger partial charge in [-0.2, -0.15) is 0 Å². The smallest absolute Gasteiger partial charge is 0.0553 e. The highest BCUT2D eigenvalue weighted by Gasteiger charge is 2.05. The van der Waals surface area contributed by atoms with Gasteiger partial charge in [0, 0.05) is 17.2 Å². The Hall–Kier alpha value is -1.02. The summed E-state index contributed by atoms with van der Waals surface area (Å²) in [5.41, 5.74) is 1.21. The first-order valence-corrected chi connectivity index (χ1v) is 5.02. The lowest BCUT2D eigenvalue weighted by Gasteiger charge is -2.21. The minimum absolute atomic E-state index is 0.944. The fourth-order valence-corrected chi connectivity index (χ4v) is 1.84. The number of halogens is 1. The van der Waals surface area contributed by atoms with Crippen LogP contribution in [0.5, 0.6) is 0 Å². The van der Waals surface area contributed by atoms with Crippen LogP contribution >= 0.6 is 15.9 Å². The first kappa shape index (κ1) is 8.57. The highest BCUT2D eigenvalue weighted by molar-refractivity contribution is 9.10. The summed E-state index contributed by atoms with van der Waals surface area (Å²) in [5, 5.41) is 0. The highest BCUT2D eigenvalue weighted by Crippen LogP contribution is 2.26. The molecule has 1 aromatic rings. The van der Waals surface area contributed by atoms with E-state index in [1.807, 2.05) is 18.2 Å². The Morgan fingerprint density at radius 1 is 1.15 bits per heavy atom. The molecule has 0 saturated carbocycles. The largest absolute Gasteiger partial charge is 0.343 e. The van der Waals surface area contributed by atoms with Crippen molar-refractivity contribution in [3.63, 3.8) is 0 Å². The predicted molar refractivity (Wildman–Crippen MR) is 59.8 cm³/mol. The average Bonchev–Trinajstić information content (AvgIpc) is 2.20. The number of rotatable bonds is 1. The molecule has 0 unspecified atom stereocenters. The number of hydrogen-bond acceptors (Lipinski definition) is 1. The second-order valence-electron chi connectivity index (χ2n) is 2.87. The lowest BCUT2D eigenvalue weighted by Crippen LogP contribution is -2.17. The van der Waals surface area contributed by atoms with Crippen LogP contribution in [0.25, 0.3) is 0 Å². The standard InChI is InChI=1S/C11H10BrN/c12-10-6-2-3-7-11(10)13-8-4-1-5-9-13/h1-8H,9H2. The van der Waals surface area contributed by atoms with Crippen LogP contribution in [0, 0.1) is 0 Å². The number of anilines is 1. The van der Waals surface area contributed by atoms with E-state index >= 15 is 0 Å². The number of allylic oxidation sites excluding steroid dienone is 2. The van der Waals surface area contributed by atoms with E-state index in [0.717, 1.165) is 11.0 Å². The molecule has 1 aliphatic rings. The molecule has 1 nitrogen and oxygen atoms in total. The van der Waals surface area contributed by atoms with Gasteiger partial charge in [0.1, 0.15) is 0 Å². The van der Waals surface area contributed by atoms with Gasteiger partial charge in [-0.1, -0.05) is 24.3 Å². The van der Waals surface area contributed by atoms with Crippen LogP contribution in [-0.2, 0) is 0 Å². The third-order valence-electron chi connectivity index (χ3n) is 1.98. The normalized spacial score (nSPS) is 15.0. The third-order valence-corrected chi connectivity index (χ3v) is 2.65. The van der Waals surface area contributed by atoms with E-state index in [1.54, 1.807) is 0 Å². The zero-order valence-electron chi connectivity index (χ0n) is 7.15. The molecule has 13 heavy (non-hydrogen) atoms. The summed E-state index contributed by atoms with van der Waals surface area (Å²) < 4.78 is 1.13. The molecule has 1 aromatic carbocycles. The topological polar surface area (TPSA) is 3.24 Å². The molecular formula is C11H10BrN. The predicted octanol–water partition coefficient (Wildman–Crippen LogP) is 3.34. The van der Waals surface area contributed by atoms with Crippen molar-refractivity contribution in [2.24, 2.45) is 0 Å². The Labute approximate surface area is 86.5 Å². The number of nitrogens with zero attached hydrogens (tertiary/aromatic N) is 1. The maximum Gasteiger partial charge on any atom is 0.0553 e. The number of para-hydroxylation sites is 1. The van der Waals surface area contributed by atoms with Gasteiger partial charge in [0.15, 0.2) is 0 Å². The van der Waals surface area contributed by atoms with Gasteiger partial charge in [0.05, 0.1) is 5.69 Å². The lowest BCUT2D eigenvalue weighted by atomic mass is 10.2. The molecule has 0 amide bonds. The second kappa shape index (κ2) is 3.79. The van der Waals surface area contributed by atoms with E-state index in [2.05, 4.69) is 51.3 Å². The Kier molecular flexibility index (Phi) is 2.50. The van der Waals surface area contributed by atoms with Crippen molar-refractivity contribution in [1.82, 2.24) is 0 Å². The molecule has 1 aliphatic heterocycles. The van der Waals surface area contributed by atoms with Gasteiger partial charge in [-0.05, 0) is 34.1 Å². The molecule has 0 spiro atoms. The van der Waals surface area contributed by atoms with Crippen LogP contribution in [0.15, 0.2) is 53.2 Å². The van der Waals surface area contributed by atoms with Crippen LogP contribution in [0.4, 0.5) is 5.69 Å². The molecule has 0 bridgehead atoms. The summed E-state index contributed by atoms with van der Waals surface area (Å²) in [6.45, 7) is 0.944. The van der Waals surface area contributed by atoms with Crippen molar-refractivity contribution in [3.05, 3.63) is 53.2 Å². The summed E-state index contributed by atoms with van der Waals surface area (Å²) >= 11 is 3.53. The van der Waals surface area contributed by atoms with E-state index in [1.165, 1.54) is 5.69 Å². The van der Waals surface area contributed by atoms with Crippen LogP contribution in [0.2, 0.25) is 0 Å². The van der Waals surface area contributed by atoms with Crippen LogP contribution in [0.3, 0.4) is 0 Å². The van der Waals surface area contributed by atoms with Crippen LogP contribution < -0.4 is 4.90 Å². The molecule has 2 heteroatoms. The van der Waals surface area contributed by atoms with Crippen molar-refractivity contribution in [1.29, 1.82) is 0 Å². The Morgan fingerprint density at radius 2 is 2.00 bits per heavy atom. The molecule has 0 radical (unpaired) electrons. The van der Waals surface area contributed by atoms with Gasteiger partial charge < -0.3 is 4.90 Å². The molecule has 0 N–H and O–H groups in total. The summed E-state index contributed by atoms with van der Waals surface area (Å²) in [7, 11) is 0. The second-order valence-corrected chi connectivity index (χ2v) is 3.73. The molecule has 0 saturated heterocycles. The summed E-state index contributed by atoms with van der Waals surface area (Å²) in [4.78, 5) is 2.20. The molecule has 66 valence electrons. The first-order chi connectivity index (χ1) is 6.38. The number of benzene rings is 1. The van der Waals surface area contributed by atoms with E-state index in [-0.39, 0.29) is 0 Å². The van der Waals surface area contributed by atoms with E-state index < -0.39 is 0 Å². The van der Waals surface area contributed by atoms with Crippen molar-refractivity contribution >= 4 is 21.6 Å². The molecule has 0 fully saturated rings. The molecule has 0 atom stereocenters. The fraction of sp³-hybridized carbons (Fsp3) is 0.0909.